The van der Waals surface area contributed by atoms with Gasteiger partial charge in [-0.1, -0.05) is 6.92 Å². The van der Waals surface area contributed by atoms with Crippen LogP contribution >= 0.6 is 0 Å². The van der Waals surface area contributed by atoms with E-state index >= 15 is 0 Å². The average Bonchev–Trinajstić information content (AvgIpc) is 2.65. The van der Waals surface area contributed by atoms with Crippen molar-refractivity contribution in [2.75, 3.05) is 19.6 Å². The highest BCUT2D eigenvalue weighted by Crippen LogP contribution is 2.08. The Morgan fingerprint density at radius 2 is 2.46 bits per heavy atom. The van der Waals surface area contributed by atoms with Crippen molar-refractivity contribution in [1.29, 1.82) is 5.26 Å². The summed E-state index contributed by atoms with van der Waals surface area (Å²) < 4.78 is 0. The van der Waals surface area contributed by atoms with Crippen molar-refractivity contribution < 1.29 is 0 Å². The van der Waals surface area contributed by atoms with Crippen LogP contribution in [-0.2, 0) is 0 Å². The lowest BCUT2D eigenvalue weighted by Crippen LogP contribution is -2.41. The molecule has 1 aliphatic rings. The van der Waals surface area contributed by atoms with Crippen LogP contribution in [0.2, 0.25) is 0 Å². The highest BCUT2D eigenvalue weighted by atomic mass is 15.2. The third-order valence-corrected chi connectivity index (χ3v) is 2.76. The molecule has 0 aliphatic carbocycles. The van der Waals surface area contributed by atoms with E-state index in [-0.39, 0.29) is 6.04 Å². The summed E-state index contributed by atoms with van der Waals surface area (Å²) in [6.45, 7) is 7.21. The Labute approximate surface area is 80.7 Å². The van der Waals surface area contributed by atoms with Gasteiger partial charge in [0, 0.05) is 12.6 Å². The van der Waals surface area contributed by atoms with Gasteiger partial charge in [-0.2, -0.15) is 5.26 Å². The second-order valence-corrected chi connectivity index (χ2v) is 3.69. The molecule has 0 spiro atoms. The monoisotopic (exact) mass is 181 g/mol. The van der Waals surface area contributed by atoms with Gasteiger partial charge in [0.2, 0.25) is 0 Å². The lowest BCUT2D eigenvalue weighted by molar-refractivity contribution is 0.235. The molecule has 2 atom stereocenters. The van der Waals surface area contributed by atoms with Gasteiger partial charge in [-0.05, 0) is 32.9 Å². The molecule has 0 radical (unpaired) electrons. The molecule has 0 saturated carbocycles. The van der Waals surface area contributed by atoms with Gasteiger partial charge in [-0.3, -0.25) is 4.90 Å². The topological polar surface area (TPSA) is 39.1 Å². The minimum Gasteiger partial charge on any atom is -0.313 e. The lowest BCUT2D eigenvalue weighted by atomic mass is 10.2. The maximum Gasteiger partial charge on any atom is 0.0949 e. The average molecular weight is 181 g/mol. The van der Waals surface area contributed by atoms with Crippen LogP contribution in [0.5, 0.6) is 0 Å². The molecule has 1 N–H and O–H groups in total. The summed E-state index contributed by atoms with van der Waals surface area (Å²) in [5, 5.41) is 12.2. The second kappa shape index (κ2) is 5.21. The van der Waals surface area contributed by atoms with Gasteiger partial charge >= 0.3 is 0 Å². The smallest absolute Gasteiger partial charge is 0.0949 e. The van der Waals surface area contributed by atoms with Crippen LogP contribution in [0, 0.1) is 11.3 Å². The Kier molecular flexibility index (Phi) is 4.20. The Morgan fingerprint density at radius 1 is 1.69 bits per heavy atom. The zero-order valence-electron chi connectivity index (χ0n) is 8.58. The summed E-state index contributed by atoms with van der Waals surface area (Å²) in [4.78, 5) is 2.23. The molecule has 1 rings (SSSR count). The summed E-state index contributed by atoms with van der Waals surface area (Å²) in [6, 6.07) is 2.94. The zero-order valence-corrected chi connectivity index (χ0v) is 8.58. The van der Waals surface area contributed by atoms with E-state index in [9.17, 15) is 0 Å². The van der Waals surface area contributed by atoms with Crippen molar-refractivity contribution in [3.05, 3.63) is 0 Å². The third kappa shape index (κ3) is 2.98. The van der Waals surface area contributed by atoms with E-state index in [0.29, 0.717) is 6.04 Å². The van der Waals surface area contributed by atoms with Gasteiger partial charge in [0.1, 0.15) is 0 Å². The maximum atomic E-state index is 8.80. The van der Waals surface area contributed by atoms with Crippen LogP contribution in [0.4, 0.5) is 0 Å². The molecule has 1 fully saturated rings. The van der Waals surface area contributed by atoms with Crippen LogP contribution in [0.15, 0.2) is 0 Å². The van der Waals surface area contributed by atoms with Crippen molar-refractivity contribution >= 4 is 0 Å². The zero-order chi connectivity index (χ0) is 9.68. The van der Waals surface area contributed by atoms with Crippen molar-refractivity contribution in [1.82, 2.24) is 10.2 Å². The first-order valence-electron chi connectivity index (χ1n) is 5.15. The van der Waals surface area contributed by atoms with E-state index in [0.717, 1.165) is 19.6 Å². The van der Waals surface area contributed by atoms with E-state index < -0.39 is 0 Å². The van der Waals surface area contributed by atoms with Gasteiger partial charge in [0.25, 0.3) is 0 Å². The normalized spacial score (nSPS) is 24.6. The Hall–Kier alpha value is -0.590. The first-order valence-corrected chi connectivity index (χ1v) is 5.15. The summed E-state index contributed by atoms with van der Waals surface area (Å²) >= 11 is 0. The highest BCUT2D eigenvalue weighted by Gasteiger charge is 2.19. The predicted molar refractivity (Wildman–Crippen MR) is 53.3 cm³/mol. The molecule has 2 unspecified atom stereocenters. The molecule has 3 nitrogen and oxygen atoms in total. The Balaban J connectivity index is 2.34. The molecule has 74 valence electrons. The first kappa shape index (κ1) is 10.5. The van der Waals surface area contributed by atoms with E-state index in [2.05, 4.69) is 23.2 Å². The summed E-state index contributed by atoms with van der Waals surface area (Å²) in [5.41, 5.74) is 0. The number of nitriles is 1. The van der Waals surface area contributed by atoms with E-state index in [1.54, 1.807) is 0 Å². The van der Waals surface area contributed by atoms with E-state index in [1.807, 2.05) is 6.92 Å². The molecule has 0 aromatic heterocycles. The van der Waals surface area contributed by atoms with Crippen molar-refractivity contribution in [3.63, 3.8) is 0 Å². The van der Waals surface area contributed by atoms with Crippen molar-refractivity contribution in [2.24, 2.45) is 0 Å². The molecule has 1 saturated heterocycles. The van der Waals surface area contributed by atoms with Gasteiger partial charge in [-0.15, -0.1) is 0 Å². The fourth-order valence-electron chi connectivity index (χ4n) is 1.84. The number of hydrogen-bond acceptors (Lipinski definition) is 3. The summed E-state index contributed by atoms with van der Waals surface area (Å²) in [6.07, 6.45) is 2.54. The van der Waals surface area contributed by atoms with Crippen LogP contribution in [0.1, 0.15) is 26.7 Å². The van der Waals surface area contributed by atoms with Crippen LogP contribution in [-0.4, -0.2) is 36.6 Å². The number of likely N-dealkylation sites (N-methyl/N-ethyl adjacent to an activating group) is 1. The lowest BCUT2D eigenvalue weighted by Gasteiger charge is -2.25. The van der Waals surface area contributed by atoms with E-state index in [4.69, 9.17) is 5.26 Å². The number of nitrogens with zero attached hydrogens (tertiary/aromatic N) is 2. The molecule has 1 heterocycles. The van der Waals surface area contributed by atoms with Crippen LogP contribution < -0.4 is 5.32 Å². The fraction of sp³-hybridized carbons (Fsp3) is 0.900. The highest BCUT2D eigenvalue weighted by molar-refractivity contribution is 4.90. The largest absolute Gasteiger partial charge is 0.313 e. The van der Waals surface area contributed by atoms with Crippen molar-refractivity contribution in [2.45, 2.75) is 38.8 Å². The molecule has 3 heteroatoms. The standard InChI is InChI=1S/C10H19N3/c1-3-13(9(2)7-11)8-10-5-4-6-12-10/h9-10,12H,3-6,8H2,1-2H3. The molecular formula is C10H19N3. The van der Waals surface area contributed by atoms with Crippen LogP contribution in [0.25, 0.3) is 0 Å². The van der Waals surface area contributed by atoms with Crippen LogP contribution in [0.3, 0.4) is 0 Å². The molecule has 0 bridgehead atoms. The van der Waals surface area contributed by atoms with E-state index in [1.165, 1.54) is 12.8 Å². The minimum absolute atomic E-state index is 0.0485. The number of rotatable bonds is 4. The van der Waals surface area contributed by atoms with Gasteiger partial charge in [-0.25, -0.2) is 0 Å². The quantitative estimate of drug-likeness (QED) is 0.702. The Bertz CT molecular complexity index is 179. The molecule has 13 heavy (non-hydrogen) atoms. The van der Waals surface area contributed by atoms with Gasteiger partial charge in [0.15, 0.2) is 0 Å². The summed E-state index contributed by atoms with van der Waals surface area (Å²) in [5.74, 6) is 0. The molecule has 0 aromatic carbocycles. The summed E-state index contributed by atoms with van der Waals surface area (Å²) in [7, 11) is 0. The SMILES string of the molecule is CCN(CC1CCCN1)C(C)C#N. The number of hydrogen-bond donors (Lipinski definition) is 1. The maximum absolute atomic E-state index is 8.80. The first-order chi connectivity index (χ1) is 6.27. The van der Waals surface area contributed by atoms with Crippen molar-refractivity contribution in [3.8, 4) is 6.07 Å². The Morgan fingerprint density at radius 3 is 2.92 bits per heavy atom. The van der Waals surface area contributed by atoms with Gasteiger partial charge in [0.05, 0.1) is 12.1 Å². The molecule has 1 aliphatic heterocycles. The van der Waals surface area contributed by atoms with Gasteiger partial charge < -0.3 is 5.32 Å². The molecule has 0 aromatic rings. The molecular weight excluding hydrogens is 162 g/mol. The number of nitrogens with one attached hydrogen (secondary N) is 1. The fourth-order valence-corrected chi connectivity index (χ4v) is 1.84. The minimum atomic E-state index is 0.0485. The predicted octanol–water partition coefficient (Wildman–Crippen LogP) is 0.972. The third-order valence-electron chi connectivity index (χ3n) is 2.76. The molecule has 0 amide bonds. The second-order valence-electron chi connectivity index (χ2n) is 3.69.